The summed E-state index contributed by atoms with van der Waals surface area (Å²) in [7, 11) is 0. The fourth-order valence-electron chi connectivity index (χ4n) is 2.86. The van der Waals surface area contributed by atoms with Crippen molar-refractivity contribution in [1.29, 1.82) is 0 Å². The molecule has 2 rings (SSSR count). The van der Waals surface area contributed by atoms with Crippen molar-refractivity contribution >= 4 is 5.97 Å². The molecule has 2 heterocycles. The van der Waals surface area contributed by atoms with Crippen molar-refractivity contribution < 1.29 is 14.3 Å². The third-order valence-corrected chi connectivity index (χ3v) is 4.49. The van der Waals surface area contributed by atoms with E-state index in [-0.39, 0.29) is 0 Å². The first-order valence-electron chi connectivity index (χ1n) is 8.00. The van der Waals surface area contributed by atoms with Crippen LogP contribution in [-0.2, 0) is 17.8 Å². The molecule has 0 saturated heterocycles. The Morgan fingerprint density at radius 3 is 2.86 bits per heavy atom. The first-order valence-corrected chi connectivity index (χ1v) is 8.00. The lowest BCUT2D eigenvalue weighted by Gasteiger charge is -2.26. The van der Waals surface area contributed by atoms with Gasteiger partial charge in [0.05, 0.1) is 11.7 Å². The maximum absolute atomic E-state index is 11.0. The number of furan rings is 1. The quantitative estimate of drug-likeness (QED) is 0.743. The molecule has 0 aromatic carbocycles. The average molecular weight is 293 g/mol. The third-order valence-electron chi connectivity index (χ3n) is 4.49. The SMILES string of the molecule is CC(C)(CCCCCCN1CCc2occc2C1)C(=O)O. The van der Waals surface area contributed by atoms with Gasteiger partial charge >= 0.3 is 5.97 Å². The number of nitrogens with zero attached hydrogens (tertiary/aromatic N) is 1. The van der Waals surface area contributed by atoms with E-state index in [0.29, 0.717) is 0 Å². The van der Waals surface area contributed by atoms with Gasteiger partial charge in [-0.3, -0.25) is 9.69 Å². The van der Waals surface area contributed by atoms with Gasteiger partial charge in [0.15, 0.2) is 0 Å². The summed E-state index contributed by atoms with van der Waals surface area (Å²) in [6, 6.07) is 2.08. The van der Waals surface area contributed by atoms with E-state index in [4.69, 9.17) is 9.52 Å². The van der Waals surface area contributed by atoms with Gasteiger partial charge in [0, 0.05) is 25.1 Å². The fourth-order valence-corrected chi connectivity index (χ4v) is 2.86. The number of hydrogen-bond acceptors (Lipinski definition) is 3. The van der Waals surface area contributed by atoms with E-state index in [0.717, 1.165) is 51.1 Å². The molecule has 1 aliphatic rings. The van der Waals surface area contributed by atoms with Crippen LogP contribution in [0.5, 0.6) is 0 Å². The Morgan fingerprint density at radius 2 is 2.10 bits per heavy atom. The third kappa shape index (κ3) is 4.60. The van der Waals surface area contributed by atoms with Crippen LogP contribution in [0.4, 0.5) is 0 Å². The van der Waals surface area contributed by atoms with Crippen LogP contribution in [0.15, 0.2) is 16.7 Å². The second kappa shape index (κ2) is 7.12. The summed E-state index contributed by atoms with van der Waals surface area (Å²) in [5, 5.41) is 9.06. The molecule has 118 valence electrons. The normalized spacial score (nSPS) is 15.9. The molecule has 0 aliphatic carbocycles. The molecule has 1 aliphatic heterocycles. The lowest BCUT2D eigenvalue weighted by atomic mass is 9.87. The van der Waals surface area contributed by atoms with Crippen LogP contribution in [0, 0.1) is 5.41 Å². The highest BCUT2D eigenvalue weighted by atomic mass is 16.4. The fraction of sp³-hybridized carbons (Fsp3) is 0.706. The smallest absolute Gasteiger partial charge is 0.309 e. The summed E-state index contributed by atoms with van der Waals surface area (Å²) in [6.07, 6.45) is 8.09. The van der Waals surface area contributed by atoms with Crippen LogP contribution in [0.3, 0.4) is 0 Å². The predicted octanol–water partition coefficient (Wildman–Crippen LogP) is 3.70. The molecule has 0 spiro atoms. The maximum atomic E-state index is 11.0. The Morgan fingerprint density at radius 1 is 1.33 bits per heavy atom. The lowest BCUT2D eigenvalue weighted by molar-refractivity contribution is -0.147. The molecular formula is C17H27NO3. The number of aliphatic carboxylic acids is 1. The first-order chi connectivity index (χ1) is 9.99. The van der Waals surface area contributed by atoms with E-state index in [1.54, 1.807) is 6.26 Å². The largest absolute Gasteiger partial charge is 0.481 e. The number of carboxylic acids is 1. The molecule has 1 N–H and O–H groups in total. The van der Waals surface area contributed by atoms with E-state index in [9.17, 15) is 4.79 Å². The molecule has 4 nitrogen and oxygen atoms in total. The predicted molar refractivity (Wildman–Crippen MR) is 82.2 cm³/mol. The number of rotatable bonds is 8. The monoisotopic (exact) mass is 293 g/mol. The molecule has 0 radical (unpaired) electrons. The van der Waals surface area contributed by atoms with Crippen molar-refractivity contribution in [3.8, 4) is 0 Å². The van der Waals surface area contributed by atoms with Gasteiger partial charge in [-0.05, 0) is 39.3 Å². The van der Waals surface area contributed by atoms with E-state index < -0.39 is 11.4 Å². The highest BCUT2D eigenvalue weighted by molar-refractivity contribution is 5.73. The van der Waals surface area contributed by atoms with Crippen molar-refractivity contribution in [2.45, 2.75) is 58.9 Å². The summed E-state index contributed by atoms with van der Waals surface area (Å²) in [5.74, 6) is 0.467. The molecule has 0 saturated carbocycles. The summed E-state index contributed by atoms with van der Waals surface area (Å²) >= 11 is 0. The first kappa shape index (κ1) is 16.1. The zero-order chi connectivity index (χ0) is 15.3. The number of fused-ring (bicyclic) bond motifs is 1. The molecule has 0 unspecified atom stereocenters. The molecule has 0 amide bonds. The minimum Gasteiger partial charge on any atom is -0.481 e. The molecule has 1 aromatic heterocycles. The number of hydrogen-bond donors (Lipinski definition) is 1. The molecule has 1 aromatic rings. The van der Waals surface area contributed by atoms with Crippen LogP contribution >= 0.6 is 0 Å². The van der Waals surface area contributed by atoms with Crippen molar-refractivity contribution in [3.05, 3.63) is 23.7 Å². The van der Waals surface area contributed by atoms with Crippen molar-refractivity contribution in [2.24, 2.45) is 5.41 Å². The maximum Gasteiger partial charge on any atom is 0.309 e. The number of carboxylic acid groups (broad SMARTS) is 1. The van der Waals surface area contributed by atoms with Gasteiger partial charge in [-0.15, -0.1) is 0 Å². The number of unbranched alkanes of at least 4 members (excludes halogenated alkanes) is 3. The van der Waals surface area contributed by atoms with Crippen molar-refractivity contribution in [2.75, 3.05) is 13.1 Å². The van der Waals surface area contributed by atoms with Gasteiger partial charge < -0.3 is 9.52 Å². The summed E-state index contributed by atoms with van der Waals surface area (Å²) in [5.41, 5.74) is 0.759. The Labute approximate surface area is 127 Å². The molecular weight excluding hydrogens is 266 g/mol. The second-order valence-electron chi connectivity index (χ2n) is 6.75. The van der Waals surface area contributed by atoms with E-state index in [1.807, 2.05) is 13.8 Å². The molecule has 0 bridgehead atoms. The highest BCUT2D eigenvalue weighted by Crippen LogP contribution is 2.24. The Balaban J connectivity index is 1.56. The van der Waals surface area contributed by atoms with Crippen LogP contribution < -0.4 is 0 Å². The Hall–Kier alpha value is -1.29. The zero-order valence-electron chi connectivity index (χ0n) is 13.2. The van der Waals surface area contributed by atoms with Crippen LogP contribution in [0.1, 0.15) is 57.3 Å². The lowest BCUT2D eigenvalue weighted by Crippen LogP contribution is -2.30. The van der Waals surface area contributed by atoms with Gasteiger partial charge in [-0.1, -0.05) is 19.3 Å². The highest BCUT2D eigenvalue weighted by Gasteiger charge is 2.26. The van der Waals surface area contributed by atoms with Gasteiger partial charge in [-0.2, -0.15) is 0 Å². The van der Waals surface area contributed by atoms with Gasteiger partial charge in [0.1, 0.15) is 5.76 Å². The number of carbonyl (C=O) groups is 1. The van der Waals surface area contributed by atoms with Gasteiger partial charge in [-0.25, -0.2) is 0 Å². The van der Waals surface area contributed by atoms with Crippen molar-refractivity contribution in [1.82, 2.24) is 4.90 Å². The minimum absolute atomic E-state index is 0.579. The molecule has 0 fully saturated rings. The molecule has 0 atom stereocenters. The summed E-state index contributed by atoms with van der Waals surface area (Å²) in [6.45, 7) is 6.86. The zero-order valence-corrected chi connectivity index (χ0v) is 13.2. The summed E-state index contributed by atoms with van der Waals surface area (Å²) < 4.78 is 5.44. The van der Waals surface area contributed by atoms with Crippen LogP contribution in [-0.4, -0.2) is 29.1 Å². The summed E-state index contributed by atoms with van der Waals surface area (Å²) in [4.78, 5) is 13.5. The van der Waals surface area contributed by atoms with E-state index in [1.165, 1.54) is 18.4 Å². The molecule has 4 heteroatoms. The van der Waals surface area contributed by atoms with E-state index in [2.05, 4.69) is 11.0 Å². The van der Waals surface area contributed by atoms with Crippen LogP contribution in [0.2, 0.25) is 0 Å². The second-order valence-corrected chi connectivity index (χ2v) is 6.75. The van der Waals surface area contributed by atoms with Gasteiger partial charge in [0.2, 0.25) is 0 Å². The van der Waals surface area contributed by atoms with Crippen LogP contribution in [0.25, 0.3) is 0 Å². The van der Waals surface area contributed by atoms with E-state index >= 15 is 0 Å². The average Bonchev–Trinajstić information content (AvgIpc) is 2.89. The minimum atomic E-state index is -0.688. The standard InChI is InChI=1S/C17H27NO3/c1-17(2,16(19)20)9-5-3-4-6-10-18-11-7-15-14(13-18)8-12-21-15/h8,12H,3-7,9-11,13H2,1-2H3,(H,19,20). The molecule has 21 heavy (non-hydrogen) atoms. The van der Waals surface area contributed by atoms with Crippen molar-refractivity contribution in [3.63, 3.8) is 0 Å². The Kier molecular flexibility index (Phi) is 5.45. The van der Waals surface area contributed by atoms with Gasteiger partial charge in [0.25, 0.3) is 0 Å². The topological polar surface area (TPSA) is 53.7 Å². The Bertz CT molecular complexity index is 464.